The van der Waals surface area contributed by atoms with E-state index in [-0.39, 0.29) is 11.9 Å². The maximum absolute atomic E-state index is 13.2. The van der Waals surface area contributed by atoms with E-state index in [1.54, 1.807) is 31.6 Å². The predicted molar refractivity (Wildman–Crippen MR) is 72.7 cm³/mol. The number of urea groups is 1. The summed E-state index contributed by atoms with van der Waals surface area (Å²) in [6, 6.07) is 3.61. The summed E-state index contributed by atoms with van der Waals surface area (Å²) in [6.07, 6.45) is 1.42. The normalized spacial score (nSPS) is 12.0. The first-order valence-corrected chi connectivity index (χ1v) is 6.14. The van der Waals surface area contributed by atoms with Gasteiger partial charge in [-0.1, -0.05) is 0 Å². The first-order chi connectivity index (χ1) is 9.45. The molecular formula is C13H16FN5O. The number of carbonyl (C=O) groups is 1. The number of amides is 2. The van der Waals surface area contributed by atoms with Gasteiger partial charge >= 0.3 is 6.03 Å². The summed E-state index contributed by atoms with van der Waals surface area (Å²) >= 11 is 0. The molecule has 1 atom stereocenters. The molecule has 2 aromatic rings. The van der Waals surface area contributed by atoms with Crippen molar-refractivity contribution in [1.82, 2.24) is 20.1 Å². The second kappa shape index (κ2) is 5.68. The molecule has 0 fully saturated rings. The quantitative estimate of drug-likeness (QED) is 0.903. The van der Waals surface area contributed by atoms with Crippen molar-refractivity contribution in [3.05, 3.63) is 41.7 Å². The Bertz CT molecular complexity index is 605. The number of nitrogens with one attached hydrogen (secondary N) is 2. The fourth-order valence-electron chi connectivity index (χ4n) is 1.93. The maximum Gasteiger partial charge on any atom is 0.319 e. The molecule has 0 aliphatic carbocycles. The zero-order valence-corrected chi connectivity index (χ0v) is 11.5. The number of aryl methyl sites for hydroxylation is 2. The molecule has 6 nitrogen and oxygen atoms in total. The van der Waals surface area contributed by atoms with Crippen molar-refractivity contribution in [2.75, 3.05) is 5.32 Å². The van der Waals surface area contributed by atoms with Gasteiger partial charge in [-0.2, -0.15) is 5.10 Å². The van der Waals surface area contributed by atoms with Crippen LogP contribution in [0.3, 0.4) is 0 Å². The standard InChI is InChI=1S/C13H16FN5O/c1-8-4-10(14)6-11(5-8)18-13(20)17-9(2)12-15-7-16-19(12)3/h4-7,9H,1-3H3,(H2,17,18,20). The molecule has 1 unspecified atom stereocenters. The van der Waals surface area contributed by atoms with E-state index in [0.717, 1.165) is 5.56 Å². The van der Waals surface area contributed by atoms with Gasteiger partial charge in [0, 0.05) is 12.7 Å². The van der Waals surface area contributed by atoms with Gasteiger partial charge in [0.1, 0.15) is 18.0 Å². The summed E-state index contributed by atoms with van der Waals surface area (Å²) in [6.45, 7) is 3.55. The fourth-order valence-corrected chi connectivity index (χ4v) is 1.93. The van der Waals surface area contributed by atoms with Crippen molar-refractivity contribution in [2.45, 2.75) is 19.9 Å². The Hall–Kier alpha value is -2.44. The van der Waals surface area contributed by atoms with E-state index in [9.17, 15) is 9.18 Å². The first kappa shape index (κ1) is 14.0. The third-order valence-electron chi connectivity index (χ3n) is 2.78. The largest absolute Gasteiger partial charge is 0.328 e. The molecule has 20 heavy (non-hydrogen) atoms. The lowest BCUT2D eigenvalue weighted by Gasteiger charge is -2.14. The molecule has 0 aliphatic heterocycles. The van der Waals surface area contributed by atoms with Crippen LogP contribution in [0, 0.1) is 12.7 Å². The molecule has 7 heteroatoms. The highest BCUT2D eigenvalue weighted by Crippen LogP contribution is 2.14. The number of hydrogen-bond acceptors (Lipinski definition) is 3. The molecule has 106 valence electrons. The average Bonchev–Trinajstić information content (AvgIpc) is 2.73. The van der Waals surface area contributed by atoms with Crippen LogP contribution in [0.4, 0.5) is 14.9 Å². The molecule has 2 rings (SSSR count). The number of rotatable bonds is 3. The molecule has 0 saturated heterocycles. The van der Waals surface area contributed by atoms with E-state index < -0.39 is 6.03 Å². The molecule has 2 amide bonds. The fraction of sp³-hybridized carbons (Fsp3) is 0.308. The minimum atomic E-state index is -0.425. The summed E-state index contributed by atoms with van der Waals surface area (Å²) in [5, 5.41) is 9.24. The lowest BCUT2D eigenvalue weighted by molar-refractivity contribution is 0.248. The van der Waals surface area contributed by atoms with Crippen molar-refractivity contribution in [3.63, 3.8) is 0 Å². The zero-order valence-electron chi connectivity index (χ0n) is 11.5. The van der Waals surface area contributed by atoms with E-state index in [2.05, 4.69) is 20.7 Å². The lowest BCUT2D eigenvalue weighted by atomic mass is 10.2. The summed E-state index contributed by atoms with van der Waals surface area (Å²) in [5.41, 5.74) is 1.15. The number of benzene rings is 1. The summed E-state index contributed by atoms with van der Waals surface area (Å²) in [4.78, 5) is 15.9. The van der Waals surface area contributed by atoms with Crippen LogP contribution in [0.2, 0.25) is 0 Å². The lowest BCUT2D eigenvalue weighted by Crippen LogP contribution is -2.32. The summed E-state index contributed by atoms with van der Waals surface area (Å²) in [5.74, 6) is 0.247. The number of aromatic nitrogens is 3. The molecule has 2 N–H and O–H groups in total. The Balaban J connectivity index is 2.00. The van der Waals surface area contributed by atoms with E-state index in [1.807, 2.05) is 0 Å². The van der Waals surface area contributed by atoms with Crippen LogP contribution in [0.25, 0.3) is 0 Å². The van der Waals surface area contributed by atoms with E-state index in [4.69, 9.17) is 0 Å². The van der Waals surface area contributed by atoms with Crippen LogP contribution < -0.4 is 10.6 Å². The highest BCUT2D eigenvalue weighted by molar-refractivity contribution is 5.89. The zero-order chi connectivity index (χ0) is 14.7. The summed E-state index contributed by atoms with van der Waals surface area (Å²) < 4.78 is 14.8. The van der Waals surface area contributed by atoms with Gasteiger partial charge in [0.2, 0.25) is 0 Å². The Morgan fingerprint density at radius 3 is 2.75 bits per heavy atom. The SMILES string of the molecule is Cc1cc(F)cc(NC(=O)NC(C)c2ncnn2C)c1. The Labute approximate surface area is 116 Å². The van der Waals surface area contributed by atoms with Gasteiger partial charge in [-0.05, 0) is 37.6 Å². The monoisotopic (exact) mass is 277 g/mol. The number of halogens is 1. The minimum absolute atomic E-state index is 0.308. The topological polar surface area (TPSA) is 71.8 Å². The molecule has 0 aliphatic rings. The van der Waals surface area contributed by atoms with Crippen molar-refractivity contribution in [3.8, 4) is 0 Å². The van der Waals surface area contributed by atoms with Crippen LogP contribution in [0.5, 0.6) is 0 Å². The van der Waals surface area contributed by atoms with Crippen LogP contribution >= 0.6 is 0 Å². The molecule has 1 aromatic carbocycles. The number of carbonyl (C=O) groups excluding carboxylic acids is 1. The number of hydrogen-bond donors (Lipinski definition) is 2. The molecule has 0 bridgehead atoms. The highest BCUT2D eigenvalue weighted by Gasteiger charge is 2.14. The van der Waals surface area contributed by atoms with Gasteiger partial charge in [0.15, 0.2) is 0 Å². The van der Waals surface area contributed by atoms with Gasteiger partial charge in [0.05, 0.1) is 6.04 Å². The molecule has 0 radical (unpaired) electrons. The van der Waals surface area contributed by atoms with Crippen molar-refractivity contribution in [2.24, 2.45) is 7.05 Å². The smallest absolute Gasteiger partial charge is 0.319 e. The van der Waals surface area contributed by atoms with Crippen molar-refractivity contribution in [1.29, 1.82) is 0 Å². The van der Waals surface area contributed by atoms with Crippen LogP contribution in [-0.4, -0.2) is 20.8 Å². The first-order valence-electron chi connectivity index (χ1n) is 6.14. The van der Waals surface area contributed by atoms with Crippen molar-refractivity contribution < 1.29 is 9.18 Å². The molecule has 0 spiro atoms. The predicted octanol–water partition coefficient (Wildman–Crippen LogP) is 2.15. The third kappa shape index (κ3) is 3.31. The maximum atomic E-state index is 13.2. The summed E-state index contributed by atoms with van der Waals surface area (Å²) in [7, 11) is 1.74. The van der Waals surface area contributed by atoms with E-state index in [0.29, 0.717) is 11.5 Å². The number of anilines is 1. The van der Waals surface area contributed by atoms with Gasteiger partial charge < -0.3 is 10.6 Å². The highest BCUT2D eigenvalue weighted by atomic mass is 19.1. The molecule has 1 heterocycles. The van der Waals surface area contributed by atoms with Gasteiger partial charge in [0.25, 0.3) is 0 Å². The van der Waals surface area contributed by atoms with Crippen molar-refractivity contribution >= 4 is 11.7 Å². The minimum Gasteiger partial charge on any atom is -0.328 e. The second-order valence-electron chi connectivity index (χ2n) is 4.58. The molecule has 1 aromatic heterocycles. The van der Waals surface area contributed by atoms with Crippen LogP contribution in [0.15, 0.2) is 24.5 Å². The molecular weight excluding hydrogens is 261 g/mol. The average molecular weight is 277 g/mol. The van der Waals surface area contributed by atoms with Gasteiger partial charge in [-0.15, -0.1) is 0 Å². The number of nitrogens with zero attached hydrogens (tertiary/aromatic N) is 3. The third-order valence-corrected chi connectivity index (χ3v) is 2.78. The van der Waals surface area contributed by atoms with Gasteiger partial charge in [-0.25, -0.2) is 14.2 Å². The van der Waals surface area contributed by atoms with E-state index >= 15 is 0 Å². The Morgan fingerprint density at radius 2 is 2.15 bits per heavy atom. The van der Waals surface area contributed by atoms with Crippen LogP contribution in [0.1, 0.15) is 24.4 Å². The van der Waals surface area contributed by atoms with Crippen LogP contribution in [-0.2, 0) is 7.05 Å². The van der Waals surface area contributed by atoms with E-state index in [1.165, 1.54) is 18.5 Å². The van der Waals surface area contributed by atoms with Gasteiger partial charge in [-0.3, -0.25) is 4.68 Å². The Kier molecular flexibility index (Phi) is 3.97. The second-order valence-corrected chi connectivity index (χ2v) is 4.58. The molecule has 0 saturated carbocycles. The Morgan fingerprint density at radius 1 is 1.40 bits per heavy atom.